The maximum absolute atomic E-state index is 12.8. The molecule has 3 fully saturated rings. The summed E-state index contributed by atoms with van der Waals surface area (Å²) >= 11 is 11.9. The average molecular weight is 644 g/mol. The van der Waals surface area contributed by atoms with Crippen LogP contribution in [0.15, 0.2) is 41.1 Å². The Morgan fingerprint density at radius 3 is 2.36 bits per heavy atom. The number of hydrogen-bond donors (Lipinski definition) is 0. The zero-order chi connectivity index (χ0) is 31.5. The van der Waals surface area contributed by atoms with Gasteiger partial charge in [-0.1, -0.05) is 64.6 Å². The molecule has 3 saturated carbocycles. The minimum absolute atomic E-state index is 0.252. The van der Waals surface area contributed by atoms with E-state index in [-0.39, 0.29) is 5.41 Å². The monoisotopic (exact) mass is 642 g/mol. The number of halogens is 2. The summed E-state index contributed by atoms with van der Waals surface area (Å²) in [5.74, 6) is 5.71. The summed E-state index contributed by atoms with van der Waals surface area (Å²) in [6.07, 6.45) is 16.6. The van der Waals surface area contributed by atoms with E-state index in [4.69, 9.17) is 28.0 Å². The molecule has 1 aromatic rings. The number of rotatable bonds is 12. The normalized spacial score (nSPS) is 32.9. The standard InChI is InChI=1S/C38H56Cl2N2O2/c1-26(2)7-6-8-27(3)33-15-16-34-32-14-11-29-25-30(17-19-37(29,4)35(32)18-20-38(33,34)5)41-44-36(43)28-9-12-31(13-10-28)42(23-21-39)24-22-40/h9-10,12-13,25-27,32-35H,6-8,11,14-24H2,1-5H3/b41-30+/t27-,32?,33?,34?,35?,37+,38-/m1/s1. The first-order valence-electron chi connectivity index (χ1n) is 17.6. The summed E-state index contributed by atoms with van der Waals surface area (Å²) in [6, 6.07) is 7.43. The number of anilines is 1. The van der Waals surface area contributed by atoms with Crippen LogP contribution >= 0.6 is 23.2 Å². The van der Waals surface area contributed by atoms with Crippen molar-refractivity contribution in [3.8, 4) is 0 Å². The highest BCUT2D eigenvalue weighted by atomic mass is 35.5. The Balaban J connectivity index is 1.21. The molecule has 0 bridgehead atoms. The van der Waals surface area contributed by atoms with E-state index < -0.39 is 5.97 Å². The van der Waals surface area contributed by atoms with Gasteiger partial charge in [-0.15, -0.1) is 23.2 Å². The third-order valence-corrected chi connectivity index (χ3v) is 12.9. The fourth-order valence-corrected chi connectivity index (χ4v) is 10.6. The number of fused-ring (bicyclic) bond motifs is 5. The molecule has 4 aliphatic carbocycles. The second-order valence-electron chi connectivity index (χ2n) is 15.4. The fourth-order valence-electron chi connectivity index (χ4n) is 10.2. The van der Waals surface area contributed by atoms with Crippen molar-refractivity contribution < 1.29 is 9.63 Å². The van der Waals surface area contributed by atoms with Crippen molar-refractivity contribution in [1.82, 2.24) is 0 Å². The van der Waals surface area contributed by atoms with Gasteiger partial charge in [-0.25, -0.2) is 4.79 Å². The minimum atomic E-state index is -0.415. The Hall–Kier alpha value is -1.52. The van der Waals surface area contributed by atoms with Crippen molar-refractivity contribution in [2.24, 2.45) is 51.5 Å². The van der Waals surface area contributed by atoms with Gasteiger partial charge in [-0.05, 0) is 128 Å². The van der Waals surface area contributed by atoms with Gasteiger partial charge < -0.3 is 9.74 Å². The molecule has 4 nitrogen and oxygen atoms in total. The molecule has 0 aromatic heterocycles. The van der Waals surface area contributed by atoms with E-state index in [0.717, 1.165) is 66.2 Å². The molecule has 0 N–H and O–H groups in total. The van der Waals surface area contributed by atoms with Gasteiger partial charge >= 0.3 is 5.97 Å². The largest absolute Gasteiger partial charge is 0.369 e. The topological polar surface area (TPSA) is 41.9 Å². The lowest BCUT2D eigenvalue weighted by atomic mass is 9.46. The van der Waals surface area contributed by atoms with Crippen LogP contribution in [0.25, 0.3) is 0 Å². The van der Waals surface area contributed by atoms with Gasteiger partial charge in [0.2, 0.25) is 0 Å². The van der Waals surface area contributed by atoms with Crippen LogP contribution in [0, 0.1) is 46.3 Å². The molecule has 44 heavy (non-hydrogen) atoms. The molecule has 1 aromatic carbocycles. The molecule has 4 aliphatic rings. The number of nitrogens with zero attached hydrogens (tertiary/aromatic N) is 2. The van der Waals surface area contributed by atoms with Gasteiger partial charge in [0.15, 0.2) is 0 Å². The third kappa shape index (κ3) is 6.92. The fraction of sp³-hybridized carbons (Fsp3) is 0.737. The molecule has 0 amide bonds. The lowest BCUT2D eigenvalue weighted by molar-refractivity contribution is -0.0574. The van der Waals surface area contributed by atoms with Gasteiger partial charge in [0, 0.05) is 30.5 Å². The van der Waals surface area contributed by atoms with Gasteiger partial charge in [0.1, 0.15) is 0 Å². The first-order chi connectivity index (χ1) is 21.1. The first-order valence-corrected chi connectivity index (χ1v) is 18.6. The Bertz CT molecular complexity index is 1190. The maximum atomic E-state index is 12.8. The van der Waals surface area contributed by atoms with Gasteiger partial charge in [0.25, 0.3) is 0 Å². The van der Waals surface area contributed by atoms with Gasteiger partial charge in [-0.2, -0.15) is 0 Å². The van der Waals surface area contributed by atoms with Crippen molar-refractivity contribution in [3.63, 3.8) is 0 Å². The SMILES string of the molecule is CC(C)CCC[C@@H](C)C1CCC2C3CCC4=C/C(=N/OC(=O)c5ccc(N(CCCl)CCCl)cc5)CC[C@]4(C)C3CC[C@@]21C. The lowest BCUT2D eigenvalue weighted by Crippen LogP contribution is -2.51. The molecule has 0 spiro atoms. The van der Waals surface area contributed by atoms with Crippen molar-refractivity contribution >= 4 is 40.6 Å². The Morgan fingerprint density at radius 2 is 1.68 bits per heavy atom. The number of oxime groups is 1. The molecule has 4 unspecified atom stereocenters. The number of allylic oxidation sites excluding steroid dienone is 2. The van der Waals surface area contributed by atoms with Crippen molar-refractivity contribution in [3.05, 3.63) is 41.5 Å². The maximum Gasteiger partial charge on any atom is 0.365 e. The molecular formula is C38H56Cl2N2O2. The van der Waals surface area contributed by atoms with E-state index in [2.05, 4.69) is 50.8 Å². The predicted molar refractivity (Wildman–Crippen MR) is 186 cm³/mol. The number of benzene rings is 1. The van der Waals surface area contributed by atoms with E-state index in [1.807, 2.05) is 12.1 Å². The smallest absolute Gasteiger partial charge is 0.365 e. The van der Waals surface area contributed by atoms with E-state index in [9.17, 15) is 4.79 Å². The quantitative estimate of drug-likeness (QED) is 0.129. The van der Waals surface area contributed by atoms with Crippen LogP contribution in [0.5, 0.6) is 0 Å². The molecule has 5 rings (SSSR count). The van der Waals surface area contributed by atoms with E-state index >= 15 is 0 Å². The molecule has 0 heterocycles. The molecule has 7 atom stereocenters. The van der Waals surface area contributed by atoms with Crippen molar-refractivity contribution in [2.45, 2.75) is 105 Å². The third-order valence-electron chi connectivity index (χ3n) is 12.6. The summed E-state index contributed by atoms with van der Waals surface area (Å²) in [7, 11) is 0. The second kappa shape index (κ2) is 14.5. The molecular weight excluding hydrogens is 587 g/mol. The van der Waals surface area contributed by atoms with Crippen molar-refractivity contribution in [1.29, 1.82) is 0 Å². The van der Waals surface area contributed by atoms with Crippen LogP contribution in [0.3, 0.4) is 0 Å². The Labute approximate surface area is 277 Å². The summed E-state index contributed by atoms with van der Waals surface area (Å²) in [5, 5.41) is 4.38. The van der Waals surface area contributed by atoms with Crippen LogP contribution in [-0.2, 0) is 4.84 Å². The first kappa shape index (κ1) is 33.8. The number of hydrogen-bond acceptors (Lipinski definition) is 4. The summed E-state index contributed by atoms with van der Waals surface area (Å²) in [4.78, 5) is 20.4. The highest BCUT2D eigenvalue weighted by molar-refractivity contribution is 6.18. The predicted octanol–water partition coefficient (Wildman–Crippen LogP) is 10.5. The Morgan fingerprint density at radius 1 is 0.955 bits per heavy atom. The highest BCUT2D eigenvalue weighted by Gasteiger charge is 2.59. The zero-order valence-electron chi connectivity index (χ0n) is 27.9. The molecule has 244 valence electrons. The number of carbonyl (C=O) groups is 1. The second-order valence-corrected chi connectivity index (χ2v) is 16.2. The number of alkyl halides is 2. The lowest BCUT2D eigenvalue weighted by Gasteiger charge is -2.58. The van der Waals surface area contributed by atoms with E-state index in [1.54, 1.807) is 17.7 Å². The van der Waals surface area contributed by atoms with Gasteiger partial charge in [0.05, 0.1) is 11.3 Å². The highest BCUT2D eigenvalue weighted by Crippen LogP contribution is 2.67. The molecule has 0 radical (unpaired) electrons. The molecule has 0 aliphatic heterocycles. The van der Waals surface area contributed by atoms with Crippen LogP contribution in [0.4, 0.5) is 5.69 Å². The van der Waals surface area contributed by atoms with Crippen LogP contribution < -0.4 is 4.90 Å². The average Bonchev–Trinajstić information content (AvgIpc) is 3.37. The number of carbonyl (C=O) groups excluding carboxylic acids is 1. The molecule has 6 heteroatoms. The molecule has 0 saturated heterocycles. The van der Waals surface area contributed by atoms with Crippen molar-refractivity contribution in [2.75, 3.05) is 29.7 Å². The summed E-state index contributed by atoms with van der Waals surface area (Å²) in [6.45, 7) is 13.9. The van der Waals surface area contributed by atoms with Crippen LogP contribution in [-0.4, -0.2) is 36.5 Å². The Kier molecular flexibility index (Phi) is 11.1. The minimum Gasteiger partial charge on any atom is -0.369 e. The summed E-state index contributed by atoms with van der Waals surface area (Å²) in [5.41, 5.74) is 4.72. The van der Waals surface area contributed by atoms with E-state index in [1.165, 1.54) is 51.4 Å². The van der Waals surface area contributed by atoms with Crippen LogP contribution in [0.2, 0.25) is 0 Å². The zero-order valence-corrected chi connectivity index (χ0v) is 29.4. The summed E-state index contributed by atoms with van der Waals surface area (Å²) < 4.78 is 0. The van der Waals surface area contributed by atoms with Gasteiger partial charge in [-0.3, -0.25) is 0 Å². The van der Waals surface area contributed by atoms with Crippen LogP contribution in [0.1, 0.15) is 116 Å². The van der Waals surface area contributed by atoms with E-state index in [0.29, 0.717) is 35.8 Å².